The molecule has 2 unspecified atom stereocenters. The number of nitrogens with one attached hydrogen (secondary N) is 1. The number of ketones is 1. The summed E-state index contributed by atoms with van der Waals surface area (Å²) in [6, 6.07) is 6.90. The molecular weight excluding hydrogens is 422 g/mol. The zero-order valence-corrected chi connectivity index (χ0v) is 17.9. The molecule has 156 valence electrons. The van der Waals surface area contributed by atoms with Crippen molar-refractivity contribution in [2.45, 2.75) is 38.5 Å². The number of thiophene rings is 1. The van der Waals surface area contributed by atoms with Gasteiger partial charge in [-0.3, -0.25) is 14.4 Å². The Kier molecular flexibility index (Phi) is 6.06. The van der Waals surface area contributed by atoms with Gasteiger partial charge in [0.1, 0.15) is 5.78 Å². The van der Waals surface area contributed by atoms with E-state index in [1.165, 1.54) is 11.3 Å². The van der Waals surface area contributed by atoms with E-state index in [1.807, 2.05) is 12.2 Å². The first-order chi connectivity index (χ1) is 14.4. The number of benzene rings is 1. The first-order valence-corrected chi connectivity index (χ1v) is 11.2. The summed E-state index contributed by atoms with van der Waals surface area (Å²) in [6.45, 7) is 0. The first-order valence-electron chi connectivity index (χ1n) is 10.0. The number of aliphatic carboxylic acids is 1. The van der Waals surface area contributed by atoms with Gasteiger partial charge in [0.2, 0.25) is 0 Å². The number of carbonyl (C=O) groups excluding carboxylic acids is 2. The lowest BCUT2D eigenvalue weighted by atomic mass is 9.79. The Labute approximate surface area is 183 Å². The fourth-order valence-electron chi connectivity index (χ4n) is 4.31. The number of carboxylic acid groups (broad SMARTS) is 1. The number of fused-ring (bicyclic) bond motifs is 1. The largest absolute Gasteiger partial charge is 0.481 e. The summed E-state index contributed by atoms with van der Waals surface area (Å²) in [6.07, 6.45) is 7.36. The molecule has 0 radical (unpaired) electrons. The molecule has 0 fully saturated rings. The number of hydrogen-bond acceptors (Lipinski definition) is 4. The van der Waals surface area contributed by atoms with Gasteiger partial charge in [-0.2, -0.15) is 0 Å². The topological polar surface area (TPSA) is 83.5 Å². The van der Waals surface area contributed by atoms with E-state index in [0.717, 1.165) is 34.6 Å². The van der Waals surface area contributed by atoms with Crippen molar-refractivity contribution in [3.63, 3.8) is 0 Å². The van der Waals surface area contributed by atoms with Gasteiger partial charge in [-0.25, -0.2) is 0 Å². The van der Waals surface area contributed by atoms with Gasteiger partial charge in [0, 0.05) is 32.8 Å². The lowest BCUT2D eigenvalue weighted by molar-refractivity contribution is -0.146. The summed E-state index contributed by atoms with van der Waals surface area (Å²) in [5.74, 6) is -2.51. The third-order valence-electron chi connectivity index (χ3n) is 5.82. The molecule has 2 aliphatic rings. The van der Waals surface area contributed by atoms with Crippen LogP contribution < -0.4 is 5.32 Å². The Morgan fingerprint density at radius 3 is 2.47 bits per heavy atom. The molecule has 1 amide bonds. The standard InChI is InChI=1S/C23H22ClNO4S/c24-13-8-10-14(11-9-13)25-22(27)21-17-6-3-7-19(17)30-20(21)12-18(26)15-4-1-2-5-16(15)23(28)29/h1-2,8-11,15-16H,3-7,12H2,(H,25,27)(H,28,29). The van der Waals surface area contributed by atoms with Crippen LogP contribution in [0.4, 0.5) is 5.69 Å². The maximum absolute atomic E-state index is 13.1. The molecule has 2 atom stereocenters. The van der Waals surface area contributed by atoms with Crippen molar-refractivity contribution in [2.24, 2.45) is 11.8 Å². The van der Waals surface area contributed by atoms with Crippen LogP contribution in [0.5, 0.6) is 0 Å². The van der Waals surface area contributed by atoms with Gasteiger partial charge in [-0.15, -0.1) is 11.3 Å². The maximum atomic E-state index is 13.1. The molecule has 0 bridgehead atoms. The molecule has 0 spiro atoms. The van der Waals surface area contributed by atoms with Crippen LogP contribution in [0.15, 0.2) is 36.4 Å². The Hall–Kier alpha value is -2.44. The highest BCUT2D eigenvalue weighted by Gasteiger charge is 2.35. The predicted molar refractivity (Wildman–Crippen MR) is 117 cm³/mol. The van der Waals surface area contributed by atoms with Crippen molar-refractivity contribution in [1.82, 2.24) is 0 Å². The molecule has 1 heterocycles. The lowest BCUT2D eigenvalue weighted by Gasteiger charge is -2.24. The van der Waals surface area contributed by atoms with Crippen LogP contribution in [0.2, 0.25) is 5.02 Å². The zero-order valence-electron chi connectivity index (χ0n) is 16.3. The summed E-state index contributed by atoms with van der Waals surface area (Å²) >= 11 is 7.44. The first kappa shape index (κ1) is 20.8. The van der Waals surface area contributed by atoms with E-state index in [1.54, 1.807) is 24.3 Å². The molecule has 2 aromatic rings. The summed E-state index contributed by atoms with van der Waals surface area (Å²) in [5.41, 5.74) is 2.27. The molecule has 1 aromatic heterocycles. The Morgan fingerprint density at radius 2 is 1.77 bits per heavy atom. The van der Waals surface area contributed by atoms with E-state index in [-0.39, 0.29) is 18.1 Å². The second-order valence-corrected chi connectivity index (χ2v) is 9.38. The quantitative estimate of drug-likeness (QED) is 0.620. The zero-order chi connectivity index (χ0) is 21.3. The highest BCUT2D eigenvalue weighted by Crippen LogP contribution is 2.37. The van der Waals surface area contributed by atoms with E-state index in [4.69, 9.17) is 11.6 Å². The van der Waals surface area contributed by atoms with Crippen molar-refractivity contribution < 1.29 is 19.5 Å². The van der Waals surface area contributed by atoms with E-state index < -0.39 is 17.8 Å². The number of carboxylic acids is 1. The number of anilines is 1. The van der Waals surface area contributed by atoms with Crippen LogP contribution in [0.1, 0.15) is 44.9 Å². The third kappa shape index (κ3) is 4.20. The van der Waals surface area contributed by atoms with Gasteiger partial charge >= 0.3 is 5.97 Å². The molecule has 0 aliphatic heterocycles. The summed E-state index contributed by atoms with van der Waals surface area (Å²) in [4.78, 5) is 39.7. The third-order valence-corrected chi connectivity index (χ3v) is 7.37. The molecule has 5 nitrogen and oxygen atoms in total. The van der Waals surface area contributed by atoms with Crippen LogP contribution in [0, 0.1) is 11.8 Å². The Bertz CT molecular complexity index is 1020. The van der Waals surface area contributed by atoms with E-state index >= 15 is 0 Å². The van der Waals surface area contributed by atoms with E-state index in [2.05, 4.69) is 5.32 Å². The summed E-state index contributed by atoms with van der Waals surface area (Å²) in [5, 5.41) is 13.0. The van der Waals surface area contributed by atoms with Gasteiger partial charge in [-0.1, -0.05) is 23.8 Å². The molecule has 1 aromatic carbocycles. The van der Waals surface area contributed by atoms with Crippen LogP contribution in [-0.2, 0) is 28.9 Å². The molecule has 7 heteroatoms. The number of allylic oxidation sites excluding steroid dienone is 2. The van der Waals surface area contributed by atoms with Crippen molar-refractivity contribution in [3.8, 4) is 0 Å². The van der Waals surface area contributed by atoms with Crippen molar-refractivity contribution >= 4 is 46.3 Å². The minimum Gasteiger partial charge on any atom is -0.481 e. The predicted octanol–water partition coefficient (Wildman–Crippen LogP) is 4.92. The number of amides is 1. The molecular formula is C23H22ClNO4S. The second-order valence-electron chi connectivity index (χ2n) is 7.75. The molecule has 2 aliphatic carbocycles. The van der Waals surface area contributed by atoms with Gasteiger partial charge in [0.25, 0.3) is 5.91 Å². The number of carbonyl (C=O) groups is 3. The maximum Gasteiger partial charge on any atom is 0.307 e. The molecule has 4 rings (SSSR count). The fraction of sp³-hybridized carbons (Fsp3) is 0.348. The average Bonchev–Trinajstić information content (AvgIpc) is 3.30. The Morgan fingerprint density at radius 1 is 1.07 bits per heavy atom. The number of halogens is 1. The highest BCUT2D eigenvalue weighted by atomic mass is 35.5. The van der Waals surface area contributed by atoms with Gasteiger partial charge in [0.15, 0.2) is 0 Å². The van der Waals surface area contributed by atoms with Crippen molar-refractivity contribution in [3.05, 3.63) is 62.3 Å². The smallest absolute Gasteiger partial charge is 0.307 e. The van der Waals surface area contributed by atoms with Crippen LogP contribution in [0.3, 0.4) is 0 Å². The van der Waals surface area contributed by atoms with Crippen LogP contribution in [0.25, 0.3) is 0 Å². The summed E-state index contributed by atoms with van der Waals surface area (Å²) < 4.78 is 0. The number of hydrogen-bond donors (Lipinski definition) is 2. The van der Waals surface area contributed by atoms with Crippen LogP contribution >= 0.6 is 22.9 Å². The minimum absolute atomic E-state index is 0.101. The Balaban J connectivity index is 1.59. The fourth-order valence-corrected chi connectivity index (χ4v) is 5.84. The summed E-state index contributed by atoms with van der Waals surface area (Å²) in [7, 11) is 0. The molecule has 30 heavy (non-hydrogen) atoms. The molecule has 2 N–H and O–H groups in total. The van der Waals surface area contributed by atoms with E-state index in [0.29, 0.717) is 29.1 Å². The second kappa shape index (κ2) is 8.74. The van der Waals surface area contributed by atoms with Crippen molar-refractivity contribution in [2.75, 3.05) is 5.32 Å². The van der Waals surface area contributed by atoms with Gasteiger partial charge < -0.3 is 10.4 Å². The average molecular weight is 444 g/mol. The molecule has 0 saturated heterocycles. The highest BCUT2D eigenvalue weighted by molar-refractivity contribution is 7.12. The lowest BCUT2D eigenvalue weighted by Crippen LogP contribution is -2.32. The monoisotopic (exact) mass is 443 g/mol. The number of Topliss-reactive ketones (excluding diaryl/α,β-unsaturated/α-hetero) is 1. The number of aryl methyl sites for hydroxylation is 1. The van der Waals surface area contributed by atoms with Gasteiger partial charge in [-0.05, 0) is 61.9 Å². The van der Waals surface area contributed by atoms with E-state index in [9.17, 15) is 19.5 Å². The molecule has 0 saturated carbocycles. The number of rotatable bonds is 6. The SMILES string of the molecule is O=C(Nc1ccc(Cl)cc1)c1c(CC(=O)C2CC=CCC2C(=O)O)sc2c1CCC2. The normalized spacial score (nSPS) is 20.0. The minimum atomic E-state index is -0.938. The van der Waals surface area contributed by atoms with Gasteiger partial charge in [0.05, 0.1) is 11.5 Å². The van der Waals surface area contributed by atoms with Crippen LogP contribution in [-0.4, -0.2) is 22.8 Å². The van der Waals surface area contributed by atoms with Crippen molar-refractivity contribution in [1.29, 1.82) is 0 Å².